The lowest BCUT2D eigenvalue weighted by molar-refractivity contribution is 0.0939. The number of carbonyl (C=O) groups excluding carboxylic acids is 1. The van der Waals surface area contributed by atoms with E-state index in [-0.39, 0.29) is 10.6 Å². The van der Waals surface area contributed by atoms with Crippen molar-refractivity contribution in [2.24, 2.45) is 5.92 Å². The summed E-state index contributed by atoms with van der Waals surface area (Å²) < 4.78 is 13.9. The number of nitrogens with one attached hydrogen (secondary N) is 2. The fraction of sp³-hybridized carbons (Fsp3) is 0.542. The molecule has 2 aliphatic carbocycles. The normalized spacial score (nSPS) is 20.4. The quantitative estimate of drug-likeness (QED) is 0.659. The molecular weight excluding hydrogens is 429 g/mol. The lowest BCUT2D eigenvalue weighted by Gasteiger charge is -2.30. The minimum Gasteiger partial charge on any atom is -0.362 e. The molecule has 0 aliphatic heterocycles. The highest BCUT2D eigenvalue weighted by atomic mass is 35.5. The van der Waals surface area contributed by atoms with E-state index in [2.05, 4.69) is 15.5 Å². The number of anilines is 2. The number of amides is 1. The predicted octanol–water partition coefficient (Wildman–Crippen LogP) is 4.61. The Kier molecular flexibility index (Phi) is 7.13. The molecule has 4 rings (SSSR count). The molecule has 2 N–H and O–H groups in total. The highest BCUT2D eigenvalue weighted by molar-refractivity contribution is 6.33. The van der Waals surface area contributed by atoms with E-state index in [4.69, 9.17) is 21.6 Å². The first-order chi connectivity index (χ1) is 15.4. The van der Waals surface area contributed by atoms with Crippen LogP contribution in [0.3, 0.4) is 0 Å². The van der Waals surface area contributed by atoms with E-state index in [1.54, 1.807) is 0 Å². The molecule has 0 unspecified atom stereocenters. The van der Waals surface area contributed by atoms with Crippen LogP contribution in [0.15, 0.2) is 18.2 Å². The number of benzene rings is 1. The topological polar surface area (TPSA) is 70.2 Å². The van der Waals surface area contributed by atoms with E-state index in [0.29, 0.717) is 18.5 Å². The zero-order chi connectivity index (χ0) is 22.7. The molecule has 6 nitrogen and oxygen atoms in total. The molecule has 0 saturated heterocycles. The molecule has 0 spiro atoms. The molecule has 2 aliphatic rings. The standard InChI is InChI=1S/C24H31ClFN5O/c1-31(2)22-17-6-3-4-9-20(17)29-24(30-22)28-16-12-10-15(11-13-16)14-27-23(32)21-18(25)7-5-8-19(21)26/h5,7-8,15-16H,3-4,6,9-14H2,1-2H3,(H,27,32)(H,28,29,30)/t15-,16+. The number of fused-ring (bicyclic) bond motifs is 1. The number of hydrogen-bond donors (Lipinski definition) is 2. The summed E-state index contributed by atoms with van der Waals surface area (Å²) in [7, 11) is 4.07. The molecule has 1 amide bonds. The van der Waals surface area contributed by atoms with Crippen molar-refractivity contribution in [1.82, 2.24) is 15.3 Å². The van der Waals surface area contributed by atoms with Crippen molar-refractivity contribution in [3.63, 3.8) is 0 Å². The molecule has 0 bridgehead atoms. The Morgan fingerprint density at radius 1 is 1.16 bits per heavy atom. The number of carbonyl (C=O) groups is 1. The van der Waals surface area contributed by atoms with Crippen LogP contribution in [0.4, 0.5) is 16.2 Å². The smallest absolute Gasteiger partial charge is 0.255 e. The van der Waals surface area contributed by atoms with Gasteiger partial charge in [0.05, 0.1) is 16.3 Å². The summed E-state index contributed by atoms with van der Waals surface area (Å²) in [5.41, 5.74) is 2.40. The van der Waals surface area contributed by atoms with E-state index in [1.807, 2.05) is 14.1 Å². The molecule has 32 heavy (non-hydrogen) atoms. The first kappa shape index (κ1) is 22.8. The zero-order valence-electron chi connectivity index (χ0n) is 18.8. The van der Waals surface area contributed by atoms with Crippen LogP contribution < -0.4 is 15.5 Å². The molecule has 1 saturated carbocycles. The Labute approximate surface area is 194 Å². The van der Waals surface area contributed by atoms with Crippen molar-refractivity contribution in [3.8, 4) is 0 Å². The Balaban J connectivity index is 1.31. The average molecular weight is 460 g/mol. The zero-order valence-corrected chi connectivity index (χ0v) is 19.5. The highest BCUT2D eigenvalue weighted by Crippen LogP contribution is 2.30. The highest BCUT2D eigenvalue weighted by Gasteiger charge is 2.25. The van der Waals surface area contributed by atoms with Gasteiger partial charge in [0.25, 0.3) is 5.91 Å². The Hall–Kier alpha value is -2.41. The number of hydrogen-bond acceptors (Lipinski definition) is 5. The molecule has 1 aromatic carbocycles. The van der Waals surface area contributed by atoms with E-state index in [9.17, 15) is 9.18 Å². The lowest BCUT2D eigenvalue weighted by atomic mass is 9.86. The van der Waals surface area contributed by atoms with Gasteiger partial charge >= 0.3 is 0 Å². The van der Waals surface area contributed by atoms with Crippen molar-refractivity contribution >= 4 is 29.3 Å². The van der Waals surface area contributed by atoms with Crippen LogP contribution in [0, 0.1) is 11.7 Å². The summed E-state index contributed by atoms with van der Waals surface area (Å²) in [6.07, 6.45) is 8.39. The van der Waals surface area contributed by atoms with Gasteiger partial charge in [-0.25, -0.2) is 9.37 Å². The molecule has 1 heterocycles. The van der Waals surface area contributed by atoms with E-state index in [1.165, 1.54) is 42.3 Å². The second-order valence-corrected chi connectivity index (χ2v) is 9.47. The SMILES string of the molecule is CN(C)c1nc(N[C@H]2CC[C@@H](CNC(=O)c3c(F)cccc3Cl)CC2)nc2c1CCCC2. The van der Waals surface area contributed by atoms with Crippen LogP contribution in [-0.4, -0.2) is 42.6 Å². The van der Waals surface area contributed by atoms with Crippen molar-refractivity contribution in [3.05, 3.63) is 45.9 Å². The van der Waals surface area contributed by atoms with Gasteiger partial charge in [-0.2, -0.15) is 4.98 Å². The van der Waals surface area contributed by atoms with Gasteiger partial charge in [0.1, 0.15) is 11.6 Å². The Morgan fingerprint density at radius 2 is 1.91 bits per heavy atom. The Bertz CT molecular complexity index is 955. The summed E-state index contributed by atoms with van der Waals surface area (Å²) in [4.78, 5) is 24.1. The summed E-state index contributed by atoms with van der Waals surface area (Å²) in [6, 6.07) is 4.60. The first-order valence-electron chi connectivity index (χ1n) is 11.5. The molecule has 172 valence electrons. The summed E-state index contributed by atoms with van der Waals surface area (Å²) in [5.74, 6) is 1.07. The van der Waals surface area contributed by atoms with Crippen molar-refractivity contribution in [1.29, 1.82) is 0 Å². The van der Waals surface area contributed by atoms with Crippen LogP contribution in [0.25, 0.3) is 0 Å². The van der Waals surface area contributed by atoms with Crippen LogP contribution in [-0.2, 0) is 12.8 Å². The monoisotopic (exact) mass is 459 g/mol. The maximum Gasteiger partial charge on any atom is 0.255 e. The van der Waals surface area contributed by atoms with Crippen LogP contribution >= 0.6 is 11.6 Å². The molecule has 0 atom stereocenters. The van der Waals surface area contributed by atoms with Gasteiger partial charge in [-0.05, 0) is 69.4 Å². The van der Waals surface area contributed by atoms with E-state index in [0.717, 1.165) is 50.3 Å². The minimum atomic E-state index is -0.593. The van der Waals surface area contributed by atoms with Crippen LogP contribution in [0.1, 0.15) is 60.1 Å². The van der Waals surface area contributed by atoms with Crippen LogP contribution in [0.2, 0.25) is 5.02 Å². The first-order valence-corrected chi connectivity index (χ1v) is 11.9. The van der Waals surface area contributed by atoms with Gasteiger partial charge in [0.2, 0.25) is 5.95 Å². The minimum absolute atomic E-state index is 0.0780. The third-order valence-corrected chi connectivity index (χ3v) is 6.82. The predicted molar refractivity (Wildman–Crippen MR) is 126 cm³/mol. The second kappa shape index (κ2) is 10.0. The van der Waals surface area contributed by atoms with Gasteiger partial charge in [0, 0.05) is 32.2 Å². The van der Waals surface area contributed by atoms with Crippen LogP contribution in [0.5, 0.6) is 0 Å². The van der Waals surface area contributed by atoms with Crippen molar-refractivity contribution < 1.29 is 9.18 Å². The van der Waals surface area contributed by atoms with E-state index >= 15 is 0 Å². The summed E-state index contributed by atoms with van der Waals surface area (Å²) >= 11 is 5.99. The van der Waals surface area contributed by atoms with Gasteiger partial charge in [0.15, 0.2) is 0 Å². The maximum atomic E-state index is 13.9. The summed E-state index contributed by atoms with van der Waals surface area (Å²) in [6.45, 7) is 0.524. The molecule has 1 aromatic heterocycles. The van der Waals surface area contributed by atoms with Crippen molar-refractivity contribution in [2.75, 3.05) is 30.9 Å². The molecule has 0 radical (unpaired) electrons. The third-order valence-electron chi connectivity index (χ3n) is 6.51. The third kappa shape index (κ3) is 5.14. The van der Waals surface area contributed by atoms with Gasteiger partial charge < -0.3 is 15.5 Å². The number of rotatable bonds is 6. The number of aryl methyl sites for hydroxylation is 1. The maximum absolute atomic E-state index is 13.9. The molecule has 2 aromatic rings. The lowest BCUT2D eigenvalue weighted by Crippen LogP contribution is -2.34. The fourth-order valence-corrected chi connectivity index (χ4v) is 4.99. The summed E-state index contributed by atoms with van der Waals surface area (Å²) in [5, 5.41) is 6.54. The van der Waals surface area contributed by atoms with Gasteiger partial charge in [-0.3, -0.25) is 4.79 Å². The molecular formula is C24H31ClFN5O. The van der Waals surface area contributed by atoms with Gasteiger partial charge in [-0.1, -0.05) is 17.7 Å². The largest absolute Gasteiger partial charge is 0.362 e. The number of aromatic nitrogens is 2. The van der Waals surface area contributed by atoms with Crippen molar-refractivity contribution in [2.45, 2.75) is 57.4 Å². The molecule has 8 heteroatoms. The average Bonchev–Trinajstić information content (AvgIpc) is 2.78. The second-order valence-electron chi connectivity index (χ2n) is 9.07. The number of halogens is 2. The number of nitrogens with zero attached hydrogens (tertiary/aromatic N) is 3. The Morgan fingerprint density at radius 3 is 2.62 bits per heavy atom. The fourth-order valence-electron chi connectivity index (χ4n) is 4.74. The van der Waals surface area contributed by atoms with Gasteiger partial charge in [-0.15, -0.1) is 0 Å². The molecule has 1 fully saturated rings. The van der Waals surface area contributed by atoms with E-state index < -0.39 is 11.7 Å².